The summed E-state index contributed by atoms with van der Waals surface area (Å²) in [5.74, 6) is -0.977. The molecule has 3 rings (SSSR count). The molecule has 0 atom stereocenters. The zero-order valence-electron chi connectivity index (χ0n) is 14.8. The van der Waals surface area contributed by atoms with Gasteiger partial charge in [-0.3, -0.25) is 4.79 Å². The second kappa shape index (κ2) is 7.17. The van der Waals surface area contributed by atoms with Gasteiger partial charge in [0.15, 0.2) is 0 Å². The zero-order chi connectivity index (χ0) is 18.9. The van der Waals surface area contributed by atoms with Gasteiger partial charge >= 0.3 is 0 Å². The number of amides is 1. The Balaban J connectivity index is 1.74. The Kier molecular flexibility index (Phi) is 5.11. The number of nitrogens with zero attached hydrogens (tertiary/aromatic N) is 2. The Morgan fingerprint density at radius 3 is 2.27 bits per heavy atom. The number of rotatable bonds is 3. The van der Waals surface area contributed by atoms with Gasteiger partial charge in [0, 0.05) is 26.2 Å². The van der Waals surface area contributed by atoms with Crippen molar-refractivity contribution in [1.82, 2.24) is 9.21 Å². The molecule has 0 saturated carbocycles. The van der Waals surface area contributed by atoms with Gasteiger partial charge in [0.1, 0.15) is 5.82 Å². The number of benzene rings is 2. The second-order valence-corrected chi connectivity index (χ2v) is 8.35. The van der Waals surface area contributed by atoms with Crippen molar-refractivity contribution in [3.63, 3.8) is 0 Å². The molecule has 0 aromatic heterocycles. The Bertz CT molecular complexity index is 936. The molecule has 0 spiro atoms. The highest BCUT2D eigenvalue weighted by Gasteiger charge is 2.31. The molecule has 1 amide bonds. The maximum absolute atomic E-state index is 13.8. The van der Waals surface area contributed by atoms with Crippen LogP contribution in [0.4, 0.5) is 4.39 Å². The van der Waals surface area contributed by atoms with Crippen LogP contribution in [0.3, 0.4) is 0 Å². The Morgan fingerprint density at radius 2 is 1.65 bits per heavy atom. The molecule has 138 valence electrons. The third-order valence-electron chi connectivity index (χ3n) is 4.58. The first-order chi connectivity index (χ1) is 12.3. The lowest BCUT2D eigenvalue weighted by Crippen LogP contribution is -2.50. The van der Waals surface area contributed by atoms with Gasteiger partial charge < -0.3 is 4.90 Å². The topological polar surface area (TPSA) is 57.7 Å². The van der Waals surface area contributed by atoms with Gasteiger partial charge in [-0.2, -0.15) is 4.31 Å². The van der Waals surface area contributed by atoms with Gasteiger partial charge in [-0.05, 0) is 37.6 Å². The largest absolute Gasteiger partial charge is 0.336 e. The lowest BCUT2D eigenvalue weighted by molar-refractivity contribution is 0.0693. The van der Waals surface area contributed by atoms with Crippen LogP contribution in [0.15, 0.2) is 47.4 Å². The molecule has 1 aliphatic rings. The first kappa shape index (κ1) is 18.5. The van der Waals surface area contributed by atoms with Crippen molar-refractivity contribution in [2.45, 2.75) is 18.7 Å². The second-order valence-electron chi connectivity index (χ2n) is 6.45. The molecule has 2 aromatic rings. The molecule has 0 aliphatic carbocycles. The fraction of sp³-hybridized carbons (Fsp3) is 0.316. The van der Waals surface area contributed by atoms with Crippen molar-refractivity contribution in [3.8, 4) is 0 Å². The standard InChI is InChI=1S/C19H21FN2O3S/c1-14-7-8-18(15(2)13-14)26(24,25)22-11-9-21(10-12-22)19(23)16-5-3-4-6-17(16)20/h3-8,13H,9-12H2,1-2H3. The highest BCUT2D eigenvalue weighted by molar-refractivity contribution is 7.89. The third-order valence-corrected chi connectivity index (χ3v) is 6.64. The summed E-state index contributed by atoms with van der Waals surface area (Å²) in [7, 11) is -3.61. The first-order valence-corrected chi connectivity index (χ1v) is 9.86. The van der Waals surface area contributed by atoms with E-state index < -0.39 is 21.7 Å². The molecule has 5 nitrogen and oxygen atoms in total. The van der Waals surface area contributed by atoms with E-state index in [0.29, 0.717) is 5.56 Å². The molecular weight excluding hydrogens is 355 g/mol. The highest BCUT2D eigenvalue weighted by Crippen LogP contribution is 2.22. The van der Waals surface area contributed by atoms with E-state index in [4.69, 9.17) is 0 Å². The fourth-order valence-corrected chi connectivity index (χ4v) is 4.79. The molecule has 1 fully saturated rings. The maximum atomic E-state index is 13.8. The van der Waals surface area contributed by atoms with Crippen LogP contribution in [0.25, 0.3) is 0 Å². The minimum absolute atomic E-state index is 0.0122. The number of carbonyl (C=O) groups is 1. The van der Waals surface area contributed by atoms with Crippen LogP contribution in [0, 0.1) is 19.7 Å². The van der Waals surface area contributed by atoms with Crippen molar-refractivity contribution in [3.05, 3.63) is 65.0 Å². The number of hydrogen-bond donors (Lipinski definition) is 0. The van der Waals surface area contributed by atoms with Crippen molar-refractivity contribution in [1.29, 1.82) is 0 Å². The van der Waals surface area contributed by atoms with Crippen molar-refractivity contribution < 1.29 is 17.6 Å². The van der Waals surface area contributed by atoms with Crippen LogP contribution in [-0.2, 0) is 10.0 Å². The molecule has 2 aromatic carbocycles. The van der Waals surface area contributed by atoms with Crippen LogP contribution >= 0.6 is 0 Å². The van der Waals surface area contributed by atoms with Crippen LogP contribution in [0.1, 0.15) is 21.5 Å². The molecule has 7 heteroatoms. The van der Waals surface area contributed by atoms with Crippen LogP contribution in [-0.4, -0.2) is 49.7 Å². The number of piperazine rings is 1. The lowest BCUT2D eigenvalue weighted by atomic mass is 10.1. The van der Waals surface area contributed by atoms with Crippen molar-refractivity contribution >= 4 is 15.9 Å². The van der Waals surface area contributed by atoms with E-state index in [1.807, 2.05) is 13.0 Å². The summed E-state index contributed by atoms with van der Waals surface area (Å²) in [5, 5.41) is 0. The van der Waals surface area contributed by atoms with Gasteiger partial charge in [-0.25, -0.2) is 12.8 Å². The van der Waals surface area contributed by atoms with E-state index in [0.717, 1.165) is 5.56 Å². The molecule has 1 heterocycles. The van der Waals surface area contributed by atoms with E-state index in [1.165, 1.54) is 27.4 Å². The van der Waals surface area contributed by atoms with Gasteiger partial charge in [0.2, 0.25) is 10.0 Å². The summed E-state index contributed by atoms with van der Waals surface area (Å²) in [4.78, 5) is 14.2. The van der Waals surface area contributed by atoms with E-state index in [2.05, 4.69) is 0 Å². The molecule has 26 heavy (non-hydrogen) atoms. The van der Waals surface area contributed by atoms with Gasteiger partial charge in [0.05, 0.1) is 10.5 Å². The third kappa shape index (κ3) is 3.50. The van der Waals surface area contributed by atoms with Gasteiger partial charge in [-0.15, -0.1) is 0 Å². The predicted octanol–water partition coefficient (Wildman–Crippen LogP) is 2.59. The summed E-state index contributed by atoms with van der Waals surface area (Å²) in [5.41, 5.74) is 1.72. The van der Waals surface area contributed by atoms with E-state index in [-0.39, 0.29) is 36.6 Å². The highest BCUT2D eigenvalue weighted by atomic mass is 32.2. The molecule has 0 bridgehead atoms. The number of aryl methyl sites for hydroxylation is 2. The smallest absolute Gasteiger partial charge is 0.256 e. The molecular formula is C19H21FN2O3S. The minimum Gasteiger partial charge on any atom is -0.336 e. The van der Waals surface area contributed by atoms with E-state index in [9.17, 15) is 17.6 Å². The maximum Gasteiger partial charge on any atom is 0.256 e. The number of sulfonamides is 1. The lowest BCUT2D eigenvalue weighted by Gasteiger charge is -2.34. The Labute approximate surface area is 153 Å². The molecule has 1 aliphatic heterocycles. The summed E-state index contributed by atoms with van der Waals surface area (Å²) in [6, 6.07) is 11.1. The molecule has 0 unspecified atom stereocenters. The quantitative estimate of drug-likeness (QED) is 0.827. The predicted molar refractivity (Wildman–Crippen MR) is 97.0 cm³/mol. The van der Waals surface area contributed by atoms with Crippen LogP contribution < -0.4 is 0 Å². The number of carbonyl (C=O) groups excluding carboxylic acids is 1. The van der Waals surface area contributed by atoms with E-state index >= 15 is 0 Å². The van der Waals surface area contributed by atoms with Crippen molar-refractivity contribution in [2.24, 2.45) is 0 Å². The summed E-state index contributed by atoms with van der Waals surface area (Å²) >= 11 is 0. The number of hydrogen-bond acceptors (Lipinski definition) is 3. The van der Waals surface area contributed by atoms with Crippen LogP contribution in [0.5, 0.6) is 0 Å². The monoisotopic (exact) mass is 376 g/mol. The van der Waals surface area contributed by atoms with E-state index in [1.54, 1.807) is 25.1 Å². The number of halogens is 1. The average molecular weight is 376 g/mol. The summed E-state index contributed by atoms with van der Waals surface area (Å²) in [6.07, 6.45) is 0. The Hall–Kier alpha value is -2.25. The van der Waals surface area contributed by atoms with Crippen molar-refractivity contribution in [2.75, 3.05) is 26.2 Å². The normalized spacial score (nSPS) is 15.9. The molecule has 0 N–H and O–H groups in total. The molecule has 1 saturated heterocycles. The summed E-state index contributed by atoms with van der Waals surface area (Å²) in [6.45, 7) is 4.54. The SMILES string of the molecule is Cc1ccc(S(=O)(=O)N2CCN(C(=O)c3ccccc3F)CC2)c(C)c1. The Morgan fingerprint density at radius 1 is 1.00 bits per heavy atom. The molecule has 0 radical (unpaired) electrons. The van der Waals surface area contributed by atoms with Gasteiger partial charge in [0.25, 0.3) is 5.91 Å². The van der Waals surface area contributed by atoms with Gasteiger partial charge in [-0.1, -0.05) is 29.8 Å². The first-order valence-electron chi connectivity index (χ1n) is 8.42. The zero-order valence-corrected chi connectivity index (χ0v) is 15.6. The summed E-state index contributed by atoms with van der Waals surface area (Å²) < 4.78 is 41.0. The minimum atomic E-state index is -3.61. The van der Waals surface area contributed by atoms with Crippen LogP contribution in [0.2, 0.25) is 0 Å². The average Bonchev–Trinajstić information content (AvgIpc) is 2.61. The fourth-order valence-electron chi connectivity index (χ4n) is 3.16.